The fraction of sp³-hybridized carbons (Fsp3) is 0.698. The van der Waals surface area contributed by atoms with E-state index in [9.17, 15) is 19.2 Å². The molecule has 378 valence electrons. The van der Waals surface area contributed by atoms with E-state index < -0.39 is 36.4 Å². The monoisotopic (exact) mass is 948 g/mol. The van der Waals surface area contributed by atoms with Crippen LogP contribution < -0.4 is 29.6 Å². The van der Waals surface area contributed by atoms with Gasteiger partial charge in [-0.1, -0.05) is 77.3 Å². The van der Waals surface area contributed by atoms with Gasteiger partial charge >= 0.3 is 12.1 Å². The zero-order valence-electron chi connectivity index (χ0n) is 41.6. The van der Waals surface area contributed by atoms with E-state index >= 15 is 0 Å². The molecule has 0 spiro atoms. The molecule has 4 heterocycles. The van der Waals surface area contributed by atoms with Crippen molar-refractivity contribution in [3.8, 4) is 23.0 Å². The second-order valence-electron chi connectivity index (χ2n) is 19.1. The zero-order chi connectivity index (χ0) is 48.1. The molecule has 2 saturated heterocycles. The summed E-state index contributed by atoms with van der Waals surface area (Å²) in [4.78, 5) is 60.6. The summed E-state index contributed by atoms with van der Waals surface area (Å²) in [6, 6.07) is 10.3. The number of rotatable bonds is 28. The second-order valence-corrected chi connectivity index (χ2v) is 19.1. The Morgan fingerprint density at radius 2 is 1.15 bits per heavy atom. The Bertz CT molecular complexity index is 1890. The predicted octanol–water partition coefficient (Wildman–Crippen LogP) is 8.53. The SMILES string of the molecule is CCCCCCCC(=O)N[C@H](CN1CCC(CCN(CC)C(=O)O[C@H](c2ccc3c(c2)OCCO3)[C@@H](CN2CCCC2)NC(=O)CCCCCCC)C1)[C@H](OC(C)=O)c1ccc2c(c1)OCCO2. The van der Waals surface area contributed by atoms with Crippen LogP contribution in [-0.4, -0.2) is 129 Å². The van der Waals surface area contributed by atoms with E-state index in [1.165, 1.54) is 6.92 Å². The highest BCUT2D eigenvalue weighted by Crippen LogP contribution is 2.37. The first kappa shape index (κ1) is 52.6. The third-order valence-corrected chi connectivity index (χ3v) is 13.7. The molecule has 0 aliphatic carbocycles. The predicted molar refractivity (Wildman–Crippen MR) is 261 cm³/mol. The lowest BCUT2D eigenvalue weighted by Crippen LogP contribution is -2.48. The number of nitrogens with zero attached hydrogens (tertiary/aromatic N) is 3. The normalized spacial score (nSPS) is 18.6. The minimum Gasteiger partial charge on any atom is -0.486 e. The maximum absolute atomic E-state index is 14.4. The van der Waals surface area contributed by atoms with Crippen molar-refractivity contribution < 1.29 is 47.6 Å². The molecular weight excluding hydrogens is 867 g/mol. The van der Waals surface area contributed by atoms with Crippen LogP contribution >= 0.6 is 0 Å². The highest BCUT2D eigenvalue weighted by molar-refractivity contribution is 5.77. The number of benzene rings is 2. The molecule has 0 radical (unpaired) electrons. The summed E-state index contributed by atoms with van der Waals surface area (Å²) in [6.45, 7) is 14.9. The van der Waals surface area contributed by atoms with Crippen LogP contribution in [0.3, 0.4) is 0 Å². The number of esters is 1. The van der Waals surface area contributed by atoms with Gasteiger partial charge in [-0.15, -0.1) is 0 Å². The quantitative estimate of drug-likeness (QED) is 0.0620. The molecule has 1 unspecified atom stereocenters. The van der Waals surface area contributed by atoms with Crippen molar-refractivity contribution in [2.45, 2.75) is 155 Å². The highest BCUT2D eigenvalue weighted by atomic mass is 16.6. The van der Waals surface area contributed by atoms with Gasteiger partial charge in [-0.3, -0.25) is 14.4 Å². The number of unbranched alkanes of at least 4 members (excludes halogenated alkanes) is 8. The maximum Gasteiger partial charge on any atom is 0.410 e. The van der Waals surface area contributed by atoms with Gasteiger partial charge < -0.3 is 53.8 Å². The Morgan fingerprint density at radius 3 is 1.66 bits per heavy atom. The zero-order valence-corrected chi connectivity index (χ0v) is 41.6. The van der Waals surface area contributed by atoms with E-state index in [-0.39, 0.29) is 17.7 Å². The molecule has 6 rings (SSSR count). The van der Waals surface area contributed by atoms with Crippen molar-refractivity contribution in [2.75, 3.05) is 78.8 Å². The minimum atomic E-state index is -0.762. The van der Waals surface area contributed by atoms with Gasteiger partial charge in [-0.2, -0.15) is 0 Å². The van der Waals surface area contributed by atoms with Crippen molar-refractivity contribution in [1.82, 2.24) is 25.3 Å². The Balaban J connectivity index is 1.13. The number of ether oxygens (including phenoxy) is 6. The molecule has 68 heavy (non-hydrogen) atoms. The van der Waals surface area contributed by atoms with E-state index in [0.717, 1.165) is 127 Å². The topological polar surface area (TPSA) is 157 Å². The lowest BCUT2D eigenvalue weighted by atomic mass is 9.99. The Labute approximate surface area is 405 Å². The summed E-state index contributed by atoms with van der Waals surface area (Å²) in [5.74, 6) is 2.22. The van der Waals surface area contributed by atoms with Gasteiger partial charge in [0, 0.05) is 52.5 Å². The first-order valence-electron chi connectivity index (χ1n) is 26.1. The van der Waals surface area contributed by atoms with Crippen molar-refractivity contribution in [1.29, 1.82) is 0 Å². The summed E-state index contributed by atoms with van der Waals surface area (Å²) < 4.78 is 36.1. The van der Waals surface area contributed by atoms with Crippen LogP contribution in [0.2, 0.25) is 0 Å². The fourth-order valence-electron chi connectivity index (χ4n) is 9.92. The van der Waals surface area contributed by atoms with Gasteiger partial charge in [0.05, 0.1) is 12.1 Å². The summed E-state index contributed by atoms with van der Waals surface area (Å²) in [7, 11) is 0. The van der Waals surface area contributed by atoms with Gasteiger partial charge in [-0.25, -0.2) is 4.79 Å². The Morgan fingerprint density at radius 1 is 0.647 bits per heavy atom. The second kappa shape index (κ2) is 28.0. The van der Waals surface area contributed by atoms with Crippen LogP contribution in [0.1, 0.15) is 154 Å². The van der Waals surface area contributed by atoms with Crippen molar-refractivity contribution in [3.63, 3.8) is 0 Å². The lowest BCUT2D eigenvalue weighted by Gasteiger charge is -2.33. The van der Waals surface area contributed by atoms with E-state index in [4.69, 9.17) is 28.4 Å². The van der Waals surface area contributed by atoms with Crippen LogP contribution in [0.15, 0.2) is 36.4 Å². The van der Waals surface area contributed by atoms with Gasteiger partial charge in [-0.05, 0) is 106 Å². The first-order chi connectivity index (χ1) is 33.1. The number of carbonyl (C=O) groups is 4. The molecule has 15 heteroatoms. The highest BCUT2D eigenvalue weighted by Gasteiger charge is 2.36. The molecule has 2 fully saturated rings. The Hall–Kier alpha value is -4.76. The summed E-state index contributed by atoms with van der Waals surface area (Å²) in [5, 5.41) is 6.60. The first-order valence-corrected chi connectivity index (χ1v) is 26.1. The molecular formula is C53H81N5O10. The smallest absolute Gasteiger partial charge is 0.410 e. The molecule has 2 aromatic rings. The number of likely N-dealkylation sites (tertiary alicyclic amines) is 2. The molecule has 0 aromatic heterocycles. The molecule has 4 aliphatic heterocycles. The number of hydrogen-bond donors (Lipinski definition) is 2. The molecule has 2 aromatic carbocycles. The molecule has 3 amide bonds. The average molecular weight is 948 g/mol. The van der Waals surface area contributed by atoms with Crippen LogP contribution in [0.5, 0.6) is 23.0 Å². The maximum atomic E-state index is 14.4. The third kappa shape index (κ3) is 16.4. The van der Waals surface area contributed by atoms with Crippen LogP contribution in [0, 0.1) is 5.92 Å². The molecule has 0 bridgehead atoms. The standard InChI is InChI=1S/C53H81N5O10/c1-5-8-10-12-14-18-49(60)54-43(37-56-26-16-17-27-56)52(42-21-23-46-48(35-42)66-33-31-64-46)68-53(62)58(7-3)29-25-40-24-28-57(36-40)38-44(55-50(61)19-15-13-11-9-6-2)51(67-39(4)59)41-20-22-45-47(34-41)65-32-30-63-45/h20-23,34-35,40,43-44,51-52H,5-19,24-33,36-38H2,1-4H3,(H,54,60)(H,55,61)/t40?,43-,44-,51-,52-/m1/s1. The number of carbonyl (C=O) groups excluding carboxylic acids is 4. The van der Waals surface area contributed by atoms with E-state index in [0.29, 0.717) is 88.4 Å². The largest absolute Gasteiger partial charge is 0.486 e. The van der Waals surface area contributed by atoms with Gasteiger partial charge in [0.15, 0.2) is 29.1 Å². The lowest BCUT2D eigenvalue weighted by molar-refractivity contribution is -0.149. The van der Waals surface area contributed by atoms with E-state index in [2.05, 4.69) is 34.3 Å². The molecule has 15 nitrogen and oxygen atoms in total. The number of hydrogen-bond acceptors (Lipinski definition) is 12. The fourth-order valence-corrected chi connectivity index (χ4v) is 9.92. The number of nitrogens with one attached hydrogen (secondary N) is 2. The van der Waals surface area contributed by atoms with Crippen LogP contribution in [0.4, 0.5) is 4.79 Å². The third-order valence-electron chi connectivity index (χ3n) is 13.7. The molecule has 5 atom stereocenters. The molecule has 4 aliphatic rings. The summed E-state index contributed by atoms with van der Waals surface area (Å²) >= 11 is 0. The van der Waals surface area contributed by atoms with Gasteiger partial charge in [0.2, 0.25) is 11.8 Å². The number of fused-ring (bicyclic) bond motifs is 2. The molecule has 0 saturated carbocycles. The molecule has 2 N–H and O–H groups in total. The average Bonchev–Trinajstić information content (AvgIpc) is 4.04. The van der Waals surface area contributed by atoms with E-state index in [1.807, 2.05) is 43.3 Å². The Kier molecular flexibility index (Phi) is 21.7. The van der Waals surface area contributed by atoms with Gasteiger partial charge in [0.1, 0.15) is 32.5 Å². The van der Waals surface area contributed by atoms with Crippen molar-refractivity contribution in [3.05, 3.63) is 47.5 Å². The van der Waals surface area contributed by atoms with E-state index in [1.54, 1.807) is 4.90 Å². The summed E-state index contributed by atoms with van der Waals surface area (Å²) in [6.07, 6.45) is 13.2. The van der Waals surface area contributed by atoms with Crippen molar-refractivity contribution >= 4 is 23.9 Å². The van der Waals surface area contributed by atoms with Crippen molar-refractivity contribution in [2.24, 2.45) is 5.92 Å². The summed E-state index contributed by atoms with van der Waals surface area (Å²) in [5.41, 5.74) is 1.48. The van der Waals surface area contributed by atoms with Gasteiger partial charge in [0.25, 0.3) is 0 Å². The minimum absolute atomic E-state index is 0.0304. The number of amides is 3. The van der Waals surface area contributed by atoms with Crippen LogP contribution in [0.25, 0.3) is 0 Å². The van der Waals surface area contributed by atoms with Crippen LogP contribution in [-0.2, 0) is 23.9 Å².